The number of aryl methyl sites for hydroxylation is 3. The van der Waals surface area contributed by atoms with E-state index in [-0.39, 0.29) is 5.91 Å². The third-order valence-corrected chi connectivity index (χ3v) is 5.51. The Kier molecular flexibility index (Phi) is 4.08. The fraction of sp³-hybridized carbons (Fsp3) is 0.550. The number of hydrogen-bond donors (Lipinski definition) is 0. The maximum absolute atomic E-state index is 13.0. The Morgan fingerprint density at radius 1 is 1.04 bits per heavy atom. The van der Waals surface area contributed by atoms with E-state index < -0.39 is 5.79 Å². The minimum Gasteiger partial charge on any atom is -0.450 e. The first kappa shape index (κ1) is 16.6. The van der Waals surface area contributed by atoms with Crippen LogP contribution >= 0.6 is 0 Å². The summed E-state index contributed by atoms with van der Waals surface area (Å²) in [5.74, 6) is -0.0440. The summed E-state index contributed by atoms with van der Waals surface area (Å²) in [6.45, 7) is 8.80. The summed E-state index contributed by atoms with van der Waals surface area (Å²) < 4.78 is 17.7. The van der Waals surface area contributed by atoms with Gasteiger partial charge >= 0.3 is 0 Å². The molecule has 1 amide bonds. The molecule has 4 rings (SSSR count). The molecule has 2 fully saturated rings. The number of hydrogen-bond acceptors (Lipinski definition) is 4. The number of amides is 1. The summed E-state index contributed by atoms with van der Waals surface area (Å²) in [7, 11) is 0. The first-order chi connectivity index (χ1) is 12.0. The van der Waals surface area contributed by atoms with Crippen LogP contribution in [0.1, 0.15) is 46.5 Å². The maximum Gasteiger partial charge on any atom is 0.289 e. The van der Waals surface area contributed by atoms with Crippen molar-refractivity contribution < 1.29 is 18.7 Å². The fourth-order valence-electron chi connectivity index (χ4n) is 3.98. The van der Waals surface area contributed by atoms with E-state index in [2.05, 4.69) is 13.0 Å². The zero-order chi connectivity index (χ0) is 17.6. The van der Waals surface area contributed by atoms with Crippen molar-refractivity contribution in [3.63, 3.8) is 0 Å². The monoisotopic (exact) mass is 343 g/mol. The summed E-state index contributed by atoms with van der Waals surface area (Å²) >= 11 is 0. The van der Waals surface area contributed by atoms with E-state index in [4.69, 9.17) is 13.9 Å². The summed E-state index contributed by atoms with van der Waals surface area (Å²) in [5.41, 5.74) is 3.96. The van der Waals surface area contributed by atoms with Crippen molar-refractivity contribution in [1.82, 2.24) is 4.90 Å². The number of carbonyl (C=O) groups is 1. The molecule has 134 valence electrons. The molecular formula is C20H25NO4. The average molecular weight is 343 g/mol. The second-order valence-electron chi connectivity index (χ2n) is 7.21. The number of fused-ring (bicyclic) bond motifs is 1. The van der Waals surface area contributed by atoms with E-state index in [1.165, 1.54) is 0 Å². The van der Waals surface area contributed by atoms with Gasteiger partial charge in [-0.3, -0.25) is 4.79 Å². The highest BCUT2D eigenvalue weighted by Gasteiger charge is 2.40. The number of piperidine rings is 1. The molecule has 3 heterocycles. The van der Waals surface area contributed by atoms with Crippen LogP contribution in [0.2, 0.25) is 0 Å². The molecule has 0 bridgehead atoms. The predicted molar refractivity (Wildman–Crippen MR) is 94.8 cm³/mol. The normalized spacial score (nSPS) is 20.4. The lowest BCUT2D eigenvalue weighted by atomic mass is 10.0. The fourth-order valence-corrected chi connectivity index (χ4v) is 3.98. The van der Waals surface area contributed by atoms with Crippen molar-refractivity contribution in [3.05, 3.63) is 34.6 Å². The molecule has 5 nitrogen and oxygen atoms in total. The van der Waals surface area contributed by atoms with Gasteiger partial charge in [-0.15, -0.1) is 0 Å². The Labute approximate surface area is 147 Å². The third-order valence-electron chi connectivity index (χ3n) is 5.51. The first-order valence-electron chi connectivity index (χ1n) is 9.07. The molecule has 25 heavy (non-hydrogen) atoms. The van der Waals surface area contributed by atoms with Crippen LogP contribution in [0.25, 0.3) is 11.0 Å². The van der Waals surface area contributed by atoms with Crippen LogP contribution in [0.15, 0.2) is 16.5 Å². The highest BCUT2D eigenvalue weighted by molar-refractivity contribution is 6.00. The molecule has 2 saturated heterocycles. The van der Waals surface area contributed by atoms with Gasteiger partial charge in [0, 0.05) is 36.9 Å². The van der Waals surface area contributed by atoms with Gasteiger partial charge in [0.05, 0.1) is 13.2 Å². The van der Waals surface area contributed by atoms with Crippen LogP contribution in [0.5, 0.6) is 0 Å². The van der Waals surface area contributed by atoms with Gasteiger partial charge in [0.2, 0.25) is 0 Å². The van der Waals surface area contributed by atoms with Crippen LogP contribution in [0.3, 0.4) is 0 Å². The van der Waals surface area contributed by atoms with Crippen molar-refractivity contribution in [2.24, 2.45) is 0 Å². The van der Waals surface area contributed by atoms with Gasteiger partial charge < -0.3 is 18.8 Å². The number of benzene rings is 1. The summed E-state index contributed by atoms with van der Waals surface area (Å²) in [4.78, 5) is 14.9. The standard InChI is InChI=1S/C20H25NO4/c1-13-5-6-14(2)17-16(13)15(3)18(25-17)19(22)21-9-7-20(8-10-21)23-11-4-12-24-20/h5-6H,4,7-12H2,1-3H3. The highest BCUT2D eigenvalue weighted by atomic mass is 16.7. The van der Waals surface area contributed by atoms with Gasteiger partial charge in [0.1, 0.15) is 5.58 Å². The second-order valence-corrected chi connectivity index (χ2v) is 7.21. The zero-order valence-electron chi connectivity index (χ0n) is 15.2. The van der Waals surface area contributed by atoms with Gasteiger partial charge in [0.25, 0.3) is 5.91 Å². The second kappa shape index (κ2) is 6.15. The topological polar surface area (TPSA) is 51.9 Å². The lowest BCUT2D eigenvalue weighted by Crippen LogP contribution is -2.51. The van der Waals surface area contributed by atoms with Crippen LogP contribution in [0, 0.1) is 20.8 Å². The van der Waals surface area contributed by atoms with Crippen molar-refractivity contribution in [2.75, 3.05) is 26.3 Å². The Morgan fingerprint density at radius 3 is 2.32 bits per heavy atom. The number of likely N-dealkylation sites (tertiary alicyclic amines) is 1. The number of rotatable bonds is 1. The molecule has 0 N–H and O–H groups in total. The van der Waals surface area contributed by atoms with Gasteiger partial charge in [-0.1, -0.05) is 12.1 Å². The Bertz CT molecular complexity index is 807. The van der Waals surface area contributed by atoms with Crippen molar-refractivity contribution in [2.45, 2.75) is 45.8 Å². The Balaban J connectivity index is 1.58. The number of carbonyl (C=O) groups excluding carboxylic acids is 1. The molecule has 0 atom stereocenters. The highest BCUT2D eigenvalue weighted by Crippen LogP contribution is 2.34. The molecule has 0 aliphatic carbocycles. The molecule has 5 heteroatoms. The maximum atomic E-state index is 13.0. The summed E-state index contributed by atoms with van der Waals surface area (Å²) in [5, 5.41) is 1.07. The van der Waals surface area contributed by atoms with E-state index in [1.807, 2.05) is 24.8 Å². The lowest BCUT2D eigenvalue weighted by Gasteiger charge is -2.43. The third kappa shape index (κ3) is 2.75. The quantitative estimate of drug-likeness (QED) is 0.792. The molecule has 1 spiro atoms. The van der Waals surface area contributed by atoms with Gasteiger partial charge in [-0.25, -0.2) is 0 Å². The predicted octanol–water partition coefficient (Wildman–Crippen LogP) is 3.73. The molecule has 0 radical (unpaired) electrons. The van der Waals surface area contributed by atoms with Crippen molar-refractivity contribution in [3.8, 4) is 0 Å². The van der Waals surface area contributed by atoms with Crippen molar-refractivity contribution in [1.29, 1.82) is 0 Å². The molecule has 2 aliphatic heterocycles. The average Bonchev–Trinajstić information content (AvgIpc) is 2.98. The van der Waals surface area contributed by atoms with E-state index >= 15 is 0 Å². The number of nitrogens with zero attached hydrogens (tertiary/aromatic N) is 1. The van der Waals surface area contributed by atoms with E-state index in [9.17, 15) is 4.79 Å². The Hall–Kier alpha value is -1.85. The number of ether oxygens (including phenoxy) is 2. The van der Waals surface area contributed by atoms with Gasteiger partial charge in [-0.2, -0.15) is 0 Å². The molecule has 1 aromatic heterocycles. The van der Waals surface area contributed by atoms with E-state index in [0.717, 1.165) is 60.1 Å². The molecule has 0 unspecified atom stereocenters. The SMILES string of the molecule is Cc1ccc(C)c2c(C)c(C(=O)N3CCC4(CC3)OCCCO4)oc12. The molecular weight excluding hydrogens is 318 g/mol. The minimum atomic E-state index is -0.481. The molecule has 2 aliphatic rings. The van der Waals surface area contributed by atoms with E-state index in [0.29, 0.717) is 18.8 Å². The van der Waals surface area contributed by atoms with Crippen LogP contribution in [-0.2, 0) is 9.47 Å². The van der Waals surface area contributed by atoms with Gasteiger partial charge in [-0.05, 0) is 38.3 Å². The minimum absolute atomic E-state index is 0.0295. The smallest absolute Gasteiger partial charge is 0.289 e. The van der Waals surface area contributed by atoms with Crippen LogP contribution < -0.4 is 0 Å². The first-order valence-corrected chi connectivity index (χ1v) is 9.07. The van der Waals surface area contributed by atoms with Crippen LogP contribution in [-0.4, -0.2) is 42.9 Å². The summed E-state index contributed by atoms with van der Waals surface area (Å²) in [6.07, 6.45) is 2.38. The molecule has 1 aromatic carbocycles. The lowest BCUT2D eigenvalue weighted by molar-refractivity contribution is -0.281. The van der Waals surface area contributed by atoms with E-state index in [1.54, 1.807) is 0 Å². The van der Waals surface area contributed by atoms with Crippen molar-refractivity contribution >= 4 is 16.9 Å². The van der Waals surface area contributed by atoms with Gasteiger partial charge in [0.15, 0.2) is 11.5 Å². The summed E-state index contributed by atoms with van der Waals surface area (Å²) in [6, 6.07) is 4.12. The zero-order valence-corrected chi connectivity index (χ0v) is 15.2. The molecule has 2 aromatic rings. The Morgan fingerprint density at radius 2 is 1.68 bits per heavy atom. The number of furan rings is 1. The largest absolute Gasteiger partial charge is 0.450 e. The molecule has 0 saturated carbocycles. The van der Waals surface area contributed by atoms with Crippen LogP contribution in [0.4, 0.5) is 0 Å².